The lowest BCUT2D eigenvalue weighted by Gasteiger charge is -2.27. The molecule has 0 aromatic heterocycles. The zero-order valence-electron chi connectivity index (χ0n) is 11.4. The third-order valence-corrected chi connectivity index (χ3v) is 3.77. The molecular weight excluding hydrogens is 229 g/mol. The average molecular weight is 251 g/mol. The predicted octanol–water partition coefficient (Wildman–Crippen LogP) is 3.21. The minimum Gasteiger partial charge on any atom is -0.378 e. The van der Waals surface area contributed by atoms with Crippen LogP contribution in [-0.2, 0) is 4.74 Å². The summed E-state index contributed by atoms with van der Waals surface area (Å²) < 4.78 is 19.7. The minimum atomic E-state index is -0.120. The van der Waals surface area contributed by atoms with E-state index in [9.17, 15) is 4.39 Å². The predicted molar refractivity (Wildman–Crippen MR) is 71.1 cm³/mol. The molecule has 1 fully saturated rings. The van der Waals surface area contributed by atoms with Gasteiger partial charge in [0.2, 0.25) is 0 Å². The number of halogens is 1. The monoisotopic (exact) mass is 251 g/mol. The number of hydrogen-bond acceptors (Lipinski definition) is 2. The summed E-state index contributed by atoms with van der Waals surface area (Å²) in [6, 6.07) is 5.38. The number of benzene rings is 1. The fraction of sp³-hybridized carbons (Fsp3) is 0.600. The molecule has 1 heterocycles. The summed E-state index contributed by atoms with van der Waals surface area (Å²) >= 11 is 0. The lowest BCUT2D eigenvalue weighted by molar-refractivity contribution is 0.0951. The van der Waals surface area contributed by atoms with E-state index >= 15 is 0 Å². The molecule has 0 radical (unpaired) electrons. The van der Waals surface area contributed by atoms with E-state index in [-0.39, 0.29) is 18.0 Å². The first-order chi connectivity index (χ1) is 8.63. The summed E-state index contributed by atoms with van der Waals surface area (Å²) in [5.41, 5.74) is 1.88. The van der Waals surface area contributed by atoms with Crippen molar-refractivity contribution in [1.82, 2.24) is 5.32 Å². The van der Waals surface area contributed by atoms with Crippen LogP contribution in [0.15, 0.2) is 18.2 Å². The molecule has 1 aromatic carbocycles. The van der Waals surface area contributed by atoms with Gasteiger partial charge >= 0.3 is 0 Å². The summed E-state index contributed by atoms with van der Waals surface area (Å²) in [7, 11) is 0. The molecule has 0 saturated carbocycles. The molecule has 3 unspecified atom stereocenters. The van der Waals surface area contributed by atoms with Gasteiger partial charge in [0.15, 0.2) is 0 Å². The van der Waals surface area contributed by atoms with Crippen molar-refractivity contribution in [1.29, 1.82) is 0 Å². The van der Waals surface area contributed by atoms with Gasteiger partial charge in [0.25, 0.3) is 0 Å². The summed E-state index contributed by atoms with van der Waals surface area (Å²) in [6.45, 7) is 7.75. The third-order valence-electron chi connectivity index (χ3n) is 3.77. The molecule has 1 N–H and O–H groups in total. The van der Waals surface area contributed by atoms with Crippen molar-refractivity contribution in [3.8, 4) is 0 Å². The van der Waals surface area contributed by atoms with Crippen LogP contribution in [0.25, 0.3) is 0 Å². The second kappa shape index (κ2) is 5.81. The molecule has 1 aromatic rings. The number of rotatable bonds is 4. The van der Waals surface area contributed by atoms with Crippen LogP contribution >= 0.6 is 0 Å². The van der Waals surface area contributed by atoms with Crippen molar-refractivity contribution in [2.45, 2.75) is 39.3 Å². The SMILES string of the molecule is CCNC(c1cc(C)ccc1F)C1CCOC1C. The van der Waals surface area contributed by atoms with Gasteiger partial charge in [0.05, 0.1) is 6.10 Å². The topological polar surface area (TPSA) is 21.3 Å². The first-order valence-corrected chi connectivity index (χ1v) is 6.74. The highest BCUT2D eigenvalue weighted by Gasteiger charge is 2.33. The summed E-state index contributed by atoms with van der Waals surface area (Å²) in [4.78, 5) is 0. The maximum Gasteiger partial charge on any atom is 0.128 e. The van der Waals surface area contributed by atoms with Crippen molar-refractivity contribution in [3.05, 3.63) is 35.1 Å². The Balaban J connectivity index is 2.31. The number of ether oxygens (including phenoxy) is 1. The van der Waals surface area contributed by atoms with E-state index in [1.54, 1.807) is 6.07 Å². The van der Waals surface area contributed by atoms with Crippen LogP contribution in [0.1, 0.15) is 37.4 Å². The summed E-state index contributed by atoms with van der Waals surface area (Å²) in [6.07, 6.45) is 1.18. The smallest absolute Gasteiger partial charge is 0.128 e. The van der Waals surface area contributed by atoms with Gasteiger partial charge in [0, 0.05) is 24.1 Å². The molecule has 1 saturated heterocycles. The molecule has 2 nitrogen and oxygen atoms in total. The van der Waals surface area contributed by atoms with Crippen LogP contribution in [0.4, 0.5) is 4.39 Å². The minimum absolute atomic E-state index is 0.0485. The molecule has 1 aliphatic rings. The normalized spacial score (nSPS) is 25.3. The van der Waals surface area contributed by atoms with Crippen LogP contribution in [0.3, 0.4) is 0 Å². The Bertz CT molecular complexity index is 407. The van der Waals surface area contributed by atoms with E-state index in [2.05, 4.69) is 19.2 Å². The van der Waals surface area contributed by atoms with Crippen LogP contribution < -0.4 is 5.32 Å². The molecule has 2 rings (SSSR count). The van der Waals surface area contributed by atoms with Crippen LogP contribution in [0.5, 0.6) is 0 Å². The van der Waals surface area contributed by atoms with E-state index in [1.807, 2.05) is 19.1 Å². The molecule has 0 amide bonds. The second-order valence-corrected chi connectivity index (χ2v) is 5.09. The Kier molecular flexibility index (Phi) is 4.36. The van der Waals surface area contributed by atoms with Crippen molar-refractivity contribution < 1.29 is 9.13 Å². The molecule has 0 aliphatic carbocycles. The zero-order valence-corrected chi connectivity index (χ0v) is 11.4. The van der Waals surface area contributed by atoms with Crippen molar-refractivity contribution >= 4 is 0 Å². The summed E-state index contributed by atoms with van der Waals surface area (Å²) in [5.74, 6) is 0.229. The van der Waals surface area contributed by atoms with Crippen molar-refractivity contribution in [2.75, 3.05) is 13.2 Å². The zero-order chi connectivity index (χ0) is 13.1. The third kappa shape index (κ3) is 2.73. The Hall–Kier alpha value is -0.930. The maximum absolute atomic E-state index is 14.0. The van der Waals surface area contributed by atoms with E-state index in [0.29, 0.717) is 5.92 Å². The highest BCUT2D eigenvalue weighted by Crippen LogP contribution is 2.34. The van der Waals surface area contributed by atoms with Crippen LogP contribution in [-0.4, -0.2) is 19.3 Å². The standard InChI is InChI=1S/C15H22FNO/c1-4-17-15(12-7-8-18-11(12)3)13-9-10(2)5-6-14(13)16/h5-6,9,11-12,15,17H,4,7-8H2,1-3H3. The van der Waals surface area contributed by atoms with Crippen LogP contribution in [0, 0.1) is 18.7 Å². The Morgan fingerprint density at radius 3 is 2.89 bits per heavy atom. The van der Waals surface area contributed by atoms with Crippen LogP contribution in [0.2, 0.25) is 0 Å². The van der Waals surface area contributed by atoms with Gasteiger partial charge in [-0.15, -0.1) is 0 Å². The molecule has 3 heteroatoms. The Morgan fingerprint density at radius 1 is 1.50 bits per heavy atom. The largest absolute Gasteiger partial charge is 0.378 e. The highest BCUT2D eigenvalue weighted by atomic mass is 19.1. The molecular formula is C15H22FNO. The number of aryl methyl sites for hydroxylation is 1. The first-order valence-electron chi connectivity index (χ1n) is 6.74. The molecule has 18 heavy (non-hydrogen) atoms. The Morgan fingerprint density at radius 2 is 2.28 bits per heavy atom. The first kappa shape index (κ1) is 13.5. The maximum atomic E-state index is 14.0. The molecule has 0 spiro atoms. The van der Waals surface area contributed by atoms with E-state index < -0.39 is 0 Å². The van der Waals surface area contributed by atoms with Gasteiger partial charge in [-0.3, -0.25) is 0 Å². The number of nitrogens with one attached hydrogen (secondary N) is 1. The van der Waals surface area contributed by atoms with Crippen molar-refractivity contribution in [2.24, 2.45) is 5.92 Å². The molecule has 100 valence electrons. The second-order valence-electron chi connectivity index (χ2n) is 5.09. The van der Waals surface area contributed by atoms with Gasteiger partial charge in [0.1, 0.15) is 5.82 Å². The Labute approximate surface area is 109 Å². The quantitative estimate of drug-likeness (QED) is 0.887. The molecule has 0 bridgehead atoms. The fourth-order valence-corrected chi connectivity index (χ4v) is 2.80. The number of hydrogen-bond donors (Lipinski definition) is 1. The average Bonchev–Trinajstić information content (AvgIpc) is 2.76. The van der Waals surface area contributed by atoms with Gasteiger partial charge in [-0.1, -0.05) is 24.6 Å². The fourth-order valence-electron chi connectivity index (χ4n) is 2.80. The van der Waals surface area contributed by atoms with Gasteiger partial charge < -0.3 is 10.1 Å². The van der Waals surface area contributed by atoms with E-state index in [1.165, 1.54) is 0 Å². The highest BCUT2D eigenvalue weighted by molar-refractivity contribution is 5.27. The van der Waals surface area contributed by atoms with Gasteiger partial charge in [-0.25, -0.2) is 4.39 Å². The lowest BCUT2D eigenvalue weighted by atomic mass is 9.87. The van der Waals surface area contributed by atoms with Gasteiger partial charge in [-0.05, 0) is 32.9 Å². The van der Waals surface area contributed by atoms with E-state index in [4.69, 9.17) is 4.74 Å². The lowest BCUT2D eigenvalue weighted by Crippen LogP contribution is -2.32. The van der Waals surface area contributed by atoms with Crippen molar-refractivity contribution in [3.63, 3.8) is 0 Å². The summed E-state index contributed by atoms with van der Waals surface area (Å²) in [5, 5.41) is 3.42. The molecule has 3 atom stereocenters. The molecule has 1 aliphatic heterocycles. The van der Waals surface area contributed by atoms with Gasteiger partial charge in [-0.2, -0.15) is 0 Å². The van der Waals surface area contributed by atoms with E-state index in [0.717, 1.165) is 30.7 Å².